The zero-order valence-corrected chi connectivity index (χ0v) is 16.3. The number of aliphatic hydroxyl groups is 1. The highest BCUT2D eigenvalue weighted by atomic mass is 19.1. The van der Waals surface area contributed by atoms with E-state index in [2.05, 4.69) is 4.98 Å². The van der Waals surface area contributed by atoms with Crippen LogP contribution < -0.4 is 4.90 Å². The third-order valence-electron chi connectivity index (χ3n) is 4.49. The highest BCUT2D eigenvalue weighted by Gasteiger charge is 2.41. The van der Waals surface area contributed by atoms with E-state index in [9.17, 15) is 14.3 Å². The van der Waals surface area contributed by atoms with Gasteiger partial charge < -0.3 is 9.84 Å². The third-order valence-corrected chi connectivity index (χ3v) is 4.49. The number of nitrogens with zero attached hydrogens (tertiary/aromatic N) is 2. The normalized spacial score (nSPS) is 16.8. The van der Waals surface area contributed by atoms with Gasteiger partial charge in [0.1, 0.15) is 17.5 Å². The fourth-order valence-electron chi connectivity index (χ4n) is 3.22. The molecule has 2 aromatic rings. The molecule has 0 bridgehead atoms. The fraction of sp³-hybridized carbons (Fsp3) is 0.429. The Bertz CT molecular complexity index is 857. The molecule has 0 spiro atoms. The van der Waals surface area contributed by atoms with Gasteiger partial charge in [0.05, 0.1) is 11.4 Å². The van der Waals surface area contributed by atoms with E-state index >= 15 is 0 Å². The van der Waals surface area contributed by atoms with Gasteiger partial charge in [-0.3, -0.25) is 9.88 Å². The molecule has 0 fully saturated rings. The molecular formula is C21H25FN2O3. The second kappa shape index (κ2) is 6.60. The van der Waals surface area contributed by atoms with Crippen LogP contribution in [0.15, 0.2) is 36.5 Å². The average molecular weight is 372 g/mol. The molecular weight excluding hydrogens is 347 g/mol. The Balaban J connectivity index is 1.97. The van der Waals surface area contributed by atoms with Crippen LogP contribution in [0, 0.1) is 5.82 Å². The van der Waals surface area contributed by atoms with Gasteiger partial charge >= 0.3 is 6.09 Å². The predicted molar refractivity (Wildman–Crippen MR) is 101 cm³/mol. The molecule has 1 atom stereocenters. The monoisotopic (exact) mass is 372 g/mol. The van der Waals surface area contributed by atoms with Crippen molar-refractivity contribution >= 4 is 11.8 Å². The van der Waals surface area contributed by atoms with Crippen LogP contribution in [-0.4, -0.2) is 28.3 Å². The van der Waals surface area contributed by atoms with Crippen LogP contribution in [0.25, 0.3) is 0 Å². The second-order valence-corrected chi connectivity index (χ2v) is 8.54. The highest BCUT2D eigenvalue weighted by molar-refractivity contribution is 5.91. The van der Waals surface area contributed by atoms with E-state index in [0.717, 1.165) is 5.69 Å². The lowest BCUT2D eigenvalue weighted by atomic mass is 9.91. The van der Waals surface area contributed by atoms with Gasteiger partial charge in [-0.1, -0.05) is 26.0 Å². The Kier molecular flexibility index (Phi) is 4.72. The summed E-state index contributed by atoms with van der Waals surface area (Å²) in [4.78, 5) is 18.8. The lowest BCUT2D eigenvalue weighted by molar-refractivity contribution is 0.0579. The number of carbonyl (C=O) groups excluding carboxylic acids is 1. The van der Waals surface area contributed by atoms with Crippen molar-refractivity contribution in [3.8, 4) is 0 Å². The Morgan fingerprint density at radius 3 is 2.48 bits per heavy atom. The first-order valence-corrected chi connectivity index (χ1v) is 8.92. The van der Waals surface area contributed by atoms with Crippen molar-refractivity contribution < 1.29 is 19.0 Å². The summed E-state index contributed by atoms with van der Waals surface area (Å²) >= 11 is 0. The van der Waals surface area contributed by atoms with Gasteiger partial charge in [-0.15, -0.1) is 0 Å². The number of fused-ring (bicyclic) bond motifs is 1. The number of amides is 1. The van der Waals surface area contributed by atoms with Crippen molar-refractivity contribution in [2.45, 2.75) is 51.7 Å². The van der Waals surface area contributed by atoms with E-state index in [-0.39, 0.29) is 11.2 Å². The number of rotatable bonds is 2. The number of anilines is 1. The Labute approximate surface area is 158 Å². The molecule has 6 heteroatoms. The lowest BCUT2D eigenvalue weighted by Crippen LogP contribution is -2.38. The van der Waals surface area contributed by atoms with Crippen molar-refractivity contribution in [3.63, 3.8) is 0 Å². The van der Waals surface area contributed by atoms with Crippen LogP contribution in [0.3, 0.4) is 0 Å². The molecule has 1 aromatic heterocycles. The molecule has 144 valence electrons. The molecule has 0 aliphatic carbocycles. The number of pyridine rings is 1. The van der Waals surface area contributed by atoms with Gasteiger partial charge in [0.15, 0.2) is 0 Å². The van der Waals surface area contributed by atoms with Crippen molar-refractivity contribution in [2.24, 2.45) is 0 Å². The molecule has 5 nitrogen and oxygen atoms in total. The first-order chi connectivity index (χ1) is 12.5. The number of aliphatic hydroxyl groups excluding tert-OH is 1. The minimum Gasteiger partial charge on any atom is -0.443 e. The van der Waals surface area contributed by atoms with Crippen LogP contribution in [0.5, 0.6) is 0 Å². The van der Waals surface area contributed by atoms with Gasteiger partial charge in [-0.2, -0.15) is 0 Å². The van der Waals surface area contributed by atoms with Crippen molar-refractivity contribution in [1.82, 2.24) is 4.98 Å². The fourth-order valence-corrected chi connectivity index (χ4v) is 3.22. The minimum absolute atomic E-state index is 0.328. The maximum Gasteiger partial charge on any atom is 0.414 e. The molecule has 2 heterocycles. The summed E-state index contributed by atoms with van der Waals surface area (Å²) in [5.74, 6) is -0.365. The van der Waals surface area contributed by atoms with E-state index in [1.807, 2.05) is 34.6 Å². The average Bonchev–Trinajstić information content (AvgIpc) is 2.84. The Hall–Kier alpha value is -2.47. The molecule has 1 aromatic carbocycles. The largest absolute Gasteiger partial charge is 0.443 e. The number of ether oxygens (including phenoxy) is 1. The number of carbonyl (C=O) groups is 1. The summed E-state index contributed by atoms with van der Waals surface area (Å²) in [5, 5.41) is 10.7. The van der Waals surface area contributed by atoms with Crippen LogP contribution in [0.1, 0.15) is 57.5 Å². The van der Waals surface area contributed by atoms with Gasteiger partial charge in [0.25, 0.3) is 0 Å². The van der Waals surface area contributed by atoms with Gasteiger partial charge in [-0.25, -0.2) is 9.18 Å². The molecule has 1 aliphatic heterocycles. The number of benzene rings is 1. The van der Waals surface area contributed by atoms with Crippen LogP contribution >= 0.6 is 0 Å². The van der Waals surface area contributed by atoms with Crippen LogP contribution in [-0.2, 0) is 10.2 Å². The zero-order chi connectivity index (χ0) is 20.0. The Morgan fingerprint density at radius 2 is 1.89 bits per heavy atom. The quantitative estimate of drug-likeness (QED) is 0.852. The summed E-state index contributed by atoms with van der Waals surface area (Å²) in [6.45, 7) is 9.93. The first kappa shape index (κ1) is 19.3. The molecule has 1 N–H and O–H groups in total. The summed E-state index contributed by atoms with van der Waals surface area (Å²) in [5.41, 5.74) is 1.57. The van der Waals surface area contributed by atoms with Gasteiger partial charge in [0, 0.05) is 23.7 Å². The molecule has 0 radical (unpaired) electrons. The summed E-state index contributed by atoms with van der Waals surface area (Å²) < 4.78 is 18.7. The SMILES string of the molecule is CC(C)(C)OC(=O)N1CC(C)(C)c2ncc([C@H](O)c3ccc(F)cc3)cc21. The van der Waals surface area contributed by atoms with E-state index in [4.69, 9.17) is 4.74 Å². The van der Waals surface area contributed by atoms with E-state index in [1.54, 1.807) is 17.2 Å². The van der Waals surface area contributed by atoms with Crippen LogP contribution in [0.4, 0.5) is 14.9 Å². The van der Waals surface area contributed by atoms with Crippen molar-refractivity contribution in [1.29, 1.82) is 0 Å². The smallest absolute Gasteiger partial charge is 0.414 e. The first-order valence-electron chi connectivity index (χ1n) is 8.92. The Morgan fingerprint density at radius 1 is 1.26 bits per heavy atom. The maximum absolute atomic E-state index is 13.1. The van der Waals surface area contributed by atoms with Crippen molar-refractivity contribution in [2.75, 3.05) is 11.4 Å². The summed E-state index contributed by atoms with van der Waals surface area (Å²) in [6, 6.07) is 7.42. The molecule has 27 heavy (non-hydrogen) atoms. The number of hydrogen-bond acceptors (Lipinski definition) is 4. The maximum atomic E-state index is 13.1. The summed E-state index contributed by atoms with van der Waals surface area (Å²) in [7, 11) is 0. The predicted octanol–water partition coefficient (Wildman–Crippen LogP) is 4.34. The van der Waals surface area contributed by atoms with Crippen LogP contribution in [0.2, 0.25) is 0 Å². The number of aromatic nitrogens is 1. The topological polar surface area (TPSA) is 62.7 Å². The molecule has 1 aliphatic rings. The van der Waals surface area contributed by atoms with E-state index in [0.29, 0.717) is 23.4 Å². The van der Waals surface area contributed by atoms with Crippen molar-refractivity contribution in [3.05, 3.63) is 59.2 Å². The molecule has 1 amide bonds. The molecule has 3 rings (SSSR count). The van der Waals surface area contributed by atoms with E-state index < -0.39 is 17.8 Å². The standard InChI is InChI=1S/C21H25FN2O3/c1-20(2,3)27-19(26)24-12-21(4,5)18-16(24)10-14(11-23-18)17(25)13-6-8-15(22)9-7-13/h6-11,17,25H,12H2,1-5H3/t17-/m1/s1. The number of hydrogen-bond donors (Lipinski definition) is 1. The zero-order valence-electron chi connectivity index (χ0n) is 16.3. The van der Waals surface area contributed by atoms with Gasteiger partial charge in [0.2, 0.25) is 0 Å². The molecule has 0 unspecified atom stereocenters. The summed E-state index contributed by atoms with van der Waals surface area (Å²) in [6.07, 6.45) is 0.199. The lowest BCUT2D eigenvalue weighted by Gasteiger charge is -2.25. The number of halogens is 1. The second-order valence-electron chi connectivity index (χ2n) is 8.54. The highest BCUT2D eigenvalue weighted by Crippen LogP contribution is 2.41. The van der Waals surface area contributed by atoms with Gasteiger partial charge in [-0.05, 0) is 44.5 Å². The molecule has 0 saturated carbocycles. The van der Waals surface area contributed by atoms with E-state index in [1.165, 1.54) is 24.3 Å². The minimum atomic E-state index is -0.965. The third kappa shape index (κ3) is 3.95. The molecule has 0 saturated heterocycles.